The number of nitrogens with zero attached hydrogens (tertiary/aromatic N) is 3. The van der Waals surface area contributed by atoms with Crippen molar-refractivity contribution in [2.24, 2.45) is 0 Å². The van der Waals surface area contributed by atoms with E-state index < -0.39 is 0 Å². The van der Waals surface area contributed by atoms with Crippen molar-refractivity contribution in [3.8, 4) is 5.75 Å². The molecule has 0 atom stereocenters. The summed E-state index contributed by atoms with van der Waals surface area (Å²) in [5.41, 5.74) is 3.55. The average molecular weight is 418 g/mol. The van der Waals surface area contributed by atoms with Crippen molar-refractivity contribution in [2.75, 3.05) is 11.5 Å². The molecule has 30 heavy (non-hydrogen) atoms. The van der Waals surface area contributed by atoms with Gasteiger partial charge in [0.25, 0.3) is 5.91 Å². The van der Waals surface area contributed by atoms with Gasteiger partial charge in [0.1, 0.15) is 5.75 Å². The SMILES string of the molecule is CCOc1ccc(C(=O)N(Cc2ccccn2)c2nc3ccc(CC)cc3s2)cc1. The number of fused-ring (bicyclic) bond motifs is 1. The number of aryl methyl sites for hydroxylation is 1. The molecule has 2 heterocycles. The summed E-state index contributed by atoms with van der Waals surface area (Å²) in [5, 5.41) is 0.669. The van der Waals surface area contributed by atoms with Crippen LogP contribution in [0.25, 0.3) is 10.2 Å². The van der Waals surface area contributed by atoms with Crippen molar-refractivity contribution in [3.63, 3.8) is 0 Å². The number of ether oxygens (including phenoxy) is 1. The first-order valence-electron chi connectivity index (χ1n) is 10.0. The van der Waals surface area contributed by atoms with E-state index in [1.54, 1.807) is 23.2 Å². The first-order chi connectivity index (χ1) is 14.7. The van der Waals surface area contributed by atoms with Crippen molar-refractivity contribution < 1.29 is 9.53 Å². The molecule has 4 rings (SSSR count). The zero-order valence-electron chi connectivity index (χ0n) is 17.0. The number of anilines is 1. The third-order valence-corrected chi connectivity index (χ3v) is 5.83. The lowest BCUT2D eigenvalue weighted by molar-refractivity contribution is 0.0985. The molecule has 0 N–H and O–H groups in total. The monoisotopic (exact) mass is 417 g/mol. The van der Waals surface area contributed by atoms with Gasteiger partial charge in [0.15, 0.2) is 5.13 Å². The molecule has 0 spiro atoms. The largest absolute Gasteiger partial charge is 0.494 e. The smallest absolute Gasteiger partial charge is 0.260 e. The van der Waals surface area contributed by atoms with E-state index in [2.05, 4.69) is 24.0 Å². The molecule has 0 bridgehead atoms. The molecule has 2 aromatic carbocycles. The highest BCUT2D eigenvalue weighted by Crippen LogP contribution is 2.31. The van der Waals surface area contributed by atoms with Gasteiger partial charge >= 0.3 is 0 Å². The number of benzene rings is 2. The van der Waals surface area contributed by atoms with Crippen LogP contribution in [0.3, 0.4) is 0 Å². The third kappa shape index (κ3) is 4.33. The minimum absolute atomic E-state index is 0.113. The molecular weight excluding hydrogens is 394 g/mol. The summed E-state index contributed by atoms with van der Waals surface area (Å²) in [5.74, 6) is 0.635. The Hall–Kier alpha value is -3.25. The summed E-state index contributed by atoms with van der Waals surface area (Å²) in [4.78, 5) is 24.3. The van der Waals surface area contributed by atoms with E-state index in [0.717, 1.165) is 28.1 Å². The van der Waals surface area contributed by atoms with Crippen LogP contribution in [-0.2, 0) is 13.0 Å². The maximum atomic E-state index is 13.4. The van der Waals surface area contributed by atoms with Gasteiger partial charge in [-0.2, -0.15) is 0 Å². The molecule has 0 aliphatic heterocycles. The topological polar surface area (TPSA) is 55.3 Å². The summed E-state index contributed by atoms with van der Waals surface area (Å²) in [6.45, 7) is 5.01. The van der Waals surface area contributed by atoms with E-state index in [0.29, 0.717) is 23.8 Å². The highest BCUT2D eigenvalue weighted by Gasteiger charge is 2.22. The number of aromatic nitrogens is 2. The van der Waals surface area contributed by atoms with Crippen LogP contribution in [0.2, 0.25) is 0 Å². The molecule has 2 aromatic heterocycles. The van der Waals surface area contributed by atoms with Crippen molar-refractivity contribution in [3.05, 3.63) is 83.7 Å². The fourth-order valence-corrected chi connectivity index (χ4v) is 4.22. The number of rotatable bonds is 7. The van der Waals surface area contributed by atoms with Gasteiger partial charge < -0.3 is 4.74 Å². The maximum Gasteiger partial charge on any atom is 0.260 e. The van der Waals surface area contributed by atoms with Crippen molar-refractivity contribution in [1.29, 1.82) is 0 Å². The minimum atomic E-state index is -0.113. The second kappa shape index (κ2) is 9.05. The lowest BCUT2D eigenvalue weighted by Gasteiger charge is -2.19. The zero-order chi connectivity index (χ0) is 20.9. The van der Waals surface area contributed by atoms with Crippen LogP contribution in [0.15, 0.2) is 66.9 Å². The Morgan fingerprint density at radius 1 is 1.07 bits per heavy atom. The molecule has 0 fully saturated rings. The number of amides is 1. The molecule has 0 aliphatic carbocycles. The third-order valence-electron chi connectivity index (χ3n) is 4.78. The quantitative estimate of drug-likeness (QED) is 0.398. The lowest BCUT2D eigenvalue weighted by atomic mass is 10.2. The van der Waals surface area contributed by atoms with E-state index in [-0.39, 0.29) is 5.91 Å². The molecule has 0 saturated carbocycles. The van der Waals surface area contributed by atoms with Gasteiger partial charge in [-0.3, -0.25) is 14.7 Å². The van der Waals surface area contributed by atoms with Gasteiger partial charge in [-0.25, -0.2) is 4.98 Å². The normalized spacial score (nSPS) is 10.9. The van der Waals surface area contributed by atoms with Gasteiger partial charge in [0.05, 0.1) is 29.1 Å². The van der Waals surface area contributed by atoms with E-state index >= 15 is 0 Å². The van der Waals surface area contributed by atoms with Crippen LogP contribution in [0.1, 0.15) is 35.5 Å². The van der Waals surface area contributed by atoms with Crippen LogP contribution < -0.4 is 9.64 Å². The molecule has 6 heteroatoms. The van der Waals surface area contributed by atoms with Gasteiger partial charge in [0.2, 0.25) is 0 Å². The fourth-order valence-electron chi connectivity index (χ4n) is 3.19. The maximum absolute atomic E-state index is 13.4. The number of carbonyl (C=O) groups excluding carboxylic acids is 1. The van der Waals surface area contributed by atoms with Crippen LogP contribution in [-0.4, -0.2) is 22.5 Å². The number of thiazole rings is 1. The Bertz CT molecular complexity index is 1140. The van der Waals surface area contributed by atoms with Crippen molar-refractivity contribution >= 4 is 32.6 Å². The fraction of sp³-hybridized carbons (Fsp3) is 0.208. The standard InChI is InChI=1S/C24H23N3O2S/c1-3-17-8-13-21-22(15-17)30-24(26-21)27(16-19-7-5-6-14-25-19)23(28)18-9-11-20(12-10-18)29-4-2/h5-15H,3-4,16H2,1-2H3. The number of pyridine rings is 1. The molecule has 1 amide bonds. The Morgan fingerprint density at radius 2 is 1.90 bits per heavy atom. The molecular formula is C24H23N3O2S. The average Bonchev–Trinajstić information content (AvgIpc) is 3.21. The molecule has 0 saturated heterocycles. The molecule has 152 valence electrons. The molecule has 0 radical (unpaired) electrons. The van der Waals surface area contributed by atoms with Crippen LogP contribution in [0.4, 0.5) is 5.13 Å². The first kappa shape index (κ1) is 20.0. The van der Waals surface area contributed by atoms with Gasteiger partial charge in [0, 0.05) is 11.8 Å². The second-order valence-electron chi connectivity index (χ2n) is 6.82. The summed E-state index contributed by atoms with van der Waals surface area (Å²) in [7, 11) is 0. The van der Waals surface area contributed by atoms with Gasteiger partial charge in [-0.1, -0.05) is 30.4 Å². The van der Waals surface area contributed by atoms with E-state index in [9.17, 15) is 4.79 Å². The summed E-state index contributed by atoms with van der Waals surface area (Å²) in [6, 6.07) is 19.2. The summed E-state index contributed by atoms with van der Waals surface area (Å²) in [6.07, 6.45) is 2.70. The first-order valence-corrected chi connectivity index (χ1v) is 10.8. The second-order valence-corrected chi connectivity index (χ2v) is 7.83. The summed E-state index contributed by atoms with van der Waals surface area (Å²) < 4.78 is 6.58. The minimum Gasteiger partial charge on any atom is -0.494 e. The predicted molar refractivity (Wildman–Crippen MR) is 121 cm³/mol. The lowest BCUT2D eigenvalue weighted by Crippen LogP contribution is -2.30. The van der Waals surface area contributed by atoms with Gasteiger partial charge in [-0.05, 0) is 67.4 Å². The Labute approximate surface area is 180 Å². The Balaban J connectivity index is 1.71. The van der Waals surface area contributed by atoms with Crippen molar-refractivity contribution in [2.45, 2.75) is 26.8 Å². The van der Waals surface area contributed by atoms with Crippen LogP contribution in [0, 0.1) is 0 Å². The predicted octanol–water partition coefficient (Wildman–Crippen LogP) is 5.50. The highest BCUT2D eigenvalue weighted by atomic mass is 32.1. The molecule has 0 aliphatic rings. The molecule has 4 aromatic rings. The van der Waals surface area contributed by atoms with Crippen molar-refractivity contribution in [1.82, 2.24) is 9.97 Å². The molecule has 5 nitrogen and oxygen atoms in total. The van der Waals surface area contributed by atoms with E-state index in [1.165, 1.54) is 16.9 Å². The number of carbonyl (C=O) groups is 1. The van der Waals surface area contributed by atoms with Crippen LogP contribution in [0.5, 0.6) is 5.75 Å². The molecule has 0 unspecified atom stereocenters. The van der Waals surface area contributed by atoms with Gasteiger partial charge in [-0.15, -0.1) is 0 Å². The number of hydrogen-bond acceptors (Lipinski definition) is 5. The highest BCUT2D eigenvalue weighted by molar-refractivity contribution is 7.22. The Kier molecular flexibility index (Phi) is 6.05. The summed E-state index contributed by atoms with van der Waals surface area (Å²) >= 11 is 1.53. The van der Waals surface area contributed by atoms with E-state index in [4.69, 9.17) is 9.72 Å². The Morgan fingerprint density at radius 3 is 2.60 bits per heavy atom. The number of hydrogen-bond donors (Lipinski definition) is 0. The van der Waals surface area contributed by atoms with E-state index in [1.807, 2.05) is 43.3 Å². The zero-order valence-corrected chi connectivity index (χ0v) is 17.9. The van der Waals surface area contributed by atoms with Crippen LogP contribution >= 0.6 is 11.3 Å².